The van der Waals surface area contributed by atoms with Crippen LogP contribution in [-0.2, 0) is 11.2 Å². The number of aliphatic carboxylic acids is 1. The van der Waals surface area contributed by atoms with Crippen molar-refractivity contribution < 1.29 is 14.7 Å². The van der Waals surface area contributed by atoms with Crippen molar-refractivity contribution in [2.45, 2.75) is 6.42 Å². The molecule has 0 bridgehead atoms. The van der Waals surface area contributed by atoms with Crippen molar-refractivity contribution in [2.75, 3.05) is 0 Å². The van der Waals surface area contributed by atoms with Gasteiger partial charge < -0.3 is 5.11 Å². The lowest BCUT2D eigenvalue weighted by Crippen LogP contribution is -2.02. The number of rotatable bonds is 4. The van der Waals surface area contributed by atoms with Gasteiger partial charge in [-0.15, -0.1) is 12.6 Å². The zero-order chi connectivity index (χ0) is 13.8. The Morgan fingerprint density at radius 3 is 2.32 bits per heavy atom. The zero-order valence-corrected chi connectivity index (χ0v) is 10.9. The Balaban J connectivity index is 2.50. The average molecular weight is 272 g/mol. The highest BCUT2D eigenvalue weighted by Crippen LogP contribution is 2.26. The maximum atomic E-state index is 11.6. The molecule has 0 atom stereocenters. The summed E-state index contributed by atoms with van der Waals surface area (Å²) in [6.45, 7) is 0. The smallest absolute Gasteiger partial charge is 0.307 e. The number of carboxylic acid groups (broad SMARTS) is 1. The van der Waals surface area contributed by atoms with Gasteiger partial charge in [-0.25, -0.2) is 0 Å². The van der Waals surface area contributed by atoms with Crippen LogP contribution < -0.4 is 0 Å². The van der Waals surface area contributed by atoms with E-state index in [0.717, 1.165) is 11.1 Å². The maximum absolute atomic E-state index is 11.6. The summed E-state index contributed by atoms with van der Waals surface area (Å²) in [5.41, 5.74) is 2.68. The first-order valence-corrected chi connectivity index (χ1v) is 6.16. The topological polar surface area (TPSA) is 54.4 Å². The molecule has 0 unspecified atom stereocenters. The van der Waals surface area contributed by atoms with Crippen molar-refractivity contribution in [1.29, 1.82) is 0 Å². The number of thiol groups is 1. The van der Waals surface area contributed by atoms with Gasteiger partial charge in [0.25, 0.3) is 0 Å². The van der Waals surface area contributed by atoms with Gasteiger partial charge in [0.15, 0.2) is 0 Å². The first-order chi connectivity index (χ1) is 9.08. The van der Waals surface area contributed by atoms with E-state index in [9.17, 15) is 9.59 Å². The molecule has 2 rings (SSSR count). The maximum Gasteiger partial charge on any atom is 0.307 e. The largest absolute Gasteiger partial charge is 0.481 e. The van der Waals surface area contributed by atoms with Gasteiger partial charge in [0.1, 0.15) is 0 Å². The van der Waals surface area contributed by atoms with E-state index in [1.54, 1.807) is 18.2 Å². The molecule has 0 radical (unpaired) electrons. The van der Waals surface area contributed by atoms with Crippen LogP contribution in [-0.4, -0.2) is 16.2 Å². The molecule has 4 heteroatoms. The second-order valence-electron chi connectivity index (χ2n) is 4.12. The number of hydrogen-bond donors (Lipinski definition) is 2. The van der Waals surface area contributed by atoms with Crippen molar-refractivity contribution >= 4 is 23.7 Å². The lowest BCUT2D eigenvalue weighted by molar-refractivity contribution is -0.136. The molecule has 1 N–H and O–H groups in total. The number of hydrogen-bond acceptors (Lipinski definition) is 2. The van der Waals surface area contributed by atoms with Gasteiger partial charge in [0.05, 0.1) is 6.42 Å². The van der Waals surface area contributed by atoms with Gasteiger partial charge >= 0.3 is 5.97 Å². The average Bonchev–Trinajstić information content (AvgIpc) is 2.39. The second-order valence-corrected chi connectivity index (χ2v) is 4.53. The van der Waals surface area contributed by atoms with Crippen LogP contribution in [0.2, 0.25) is 0 Å². The van der Waals surface area contributed by atoms with E-state index in [0.29, 0.717) is 11.1 Å². The SMILES string of the molecule is O=C(O)Cc1ccc(-c2ccccc2)c(C(=O)S)c1. The second kappa shape index (κ2) is 5.71. The number of carbonyl (C=O) groups is 2. The van der Waals surface area contributed by atoms with E-state index < -0.39 is 5.97 Å². The van der Waals surface area contributed by atoms with Crippen molar-refractivity contribution in [3.8, 4) is 11.1 Å². The zero-order valence-electron chi connectivity index (χ0n) is 10.0. The van der Waals surface area contributed by atoms with Gasteiger partial charge in [-0.3, -0.25) is 9.59 Å². The Bertz CT molecular complexity index is 621. The number of carboxylic acids is 1. The third-order valence-corrected chi connectivity index (χ3v) is 3.00. The Morgan fingerprint density at radius 2 is 1.74 bits per heavy atom. The Morgan fingerprint density at radius 1 is 1.05 bits per heavy atom. The predicted molar refractivity (Wildman–Crippen MR) is 76.5 cm³/mol. The molecule has 0 aliphatic rings. The van der Waals surface area contributed by atoms with Gasteiger partial charge in [0.2, 0.25) is 5.12 Å². The van der Waals surface area contributed by atoms with Crippen LogP contribution in [0, 0.1) is 0 Å². The van der Waals surface area contributed by atoms with Crippen LogP contribution in [0.5, 0.6) is 0 Å². The van der Waals surface area contributed by atoms with E-state index in [-0.39, 0.29) is 11.5 Å². The molecule has 0 heterocycles. The van der Waals surface area contributed by atoms with Gasteiger partial charge in [-0.05, 0) is 22.8 Å². The molecule has 0 spiro atoms. The number of benzene rings is 2. The molecule has 3 nitrogen and oxygen atoms in total. The van der Waals surface area contributed by atoms with Crippen LogP contribution in [0.1, 0.15) is 15.9 Å². The molecular weight excluding hydrogens is 260 g/mol. The van der Waals surface area contributed by atoms with Crippen LogP contribution in [0.4, 0.5) is 0 Å². The predicted octanol–water partition coefficient (Wildman–Crippen LogP) is 3.05. The highest BCUT2D eigenvalue weighted by molar-refractivity contribution is 7.97. The van der Waals surface area contributed by atoms with Crippen LogP contribution in [0.15, 0.2) is 48.5 Å². The molecule has 2 aromatic carbocycles. The minimum absolute atomic E-state index is 0.108. The molecule has 2 aromatic rings. The molecule has 0 aliphatic heterocycles. The molecule has 0 aliphatic carbocycles. The van der Waals surface area contributed by atoms with Gasteiger partial charge in [-0.2, -0.15) is 0 Å². The molecule has 96 valence electrons. The van der Waals surface area contributed by atoms with Crippen molar-refractivity contribution in [3.05, 3.63) is 59.7 Å². The first-order valence-electron chi connectivity index (χ1n) is 5.71. The summed E-state index contributed by atoms with van der Waals surface area (Å²) in [6.07, 6.45) is -0.108. The van der Waals surface area contributed by atoms with E-state index in [1.165, 1.54) is 0 Å². The van der Waals surface area contributed by atoms with E-state index in [2.05, 4.69) is 12.6 Å². The summed E-state index contributed by atoms with van der Waals surface area (Å²) >= 11 is 3.86. The first kappa shape index (κ1) is 13.4. The third kappa shape index (κ3) is 3.23. The van der Waals surface area contributed by atoms with Crippen LogP contribution in [0.3, 0.4) is 0 Å². The fourth-order valence-electron chi connectivity index (χ4n) is 1.92. The fraction of sp³-hybridized carbons (Fsp3) is 0.0667. The summed E-state index contributed by atoms with van der Waals surface area (Å²) in [5, 5.41) is 8.41. The Labute approximate surface area is 116 Å². The van der Waals surface area contributed by atoms with Crippen molar-refractivity contribution in [2.24, 2.45) is 0 Å². The highest BCUT2D eigenvalue weighted by Gasteiger charge is 2.12. The summed E-state index contributed by atoms with van der Waals surface area (Å²) in [7, 11) is 0. The van der Waals surface area contributed by atoms with Crippen LogP contribution >= 0.6 is 12.6 Å². The van der Waals surface area contributed by atoms with E-state index >= 15 is 0 Å². The Kier molecular flexibility index (Phi) is 4.02. The quantitative estimate of drug-likeness (QED) is 0.841. The molecule has 0 aromatic heterocycles. The molecule has 0 saturated heterocycles. The summed E-state index contributed by atoms with van der Waals surface area (Å²) in [4.78, 5) is 22.3. The third-order valence-electron chi connectivity index (χ3n) is 2.75. The monoisotopic (exact) mass is 272 g/mol. The van der Waals surface area contributed by atoms with E-state index in [4.69, 9.17) is 5.11 Å². The molecule has 19 heavy (non-hydrogen) atoms. The fourth-order valence-corrected chi connectivity index (χ4v) is 2.11. The Hall–Kier alpha value is -2.07. The molecule has 0 fully saturated rings. The van der Waals surface area contributed by atoms with Gasteiger partial charge in [0, 0.05) is 5.56 Å². The summed E-state index contributed by atoms with van der Waals surface area (Å²) in [5.74, 6) is -0.926. The summed E-state index contributed by atoms with van der Waals surface area (Å²) in [6, 6.07) is 14.5. The number of carbonyl (C=O) groups excluding carboxylic acids is 1. The lowest BCUT2D eigenvalue weighted by atomic mass is 9.97. The molecule has 0 amide bonds. The highest BCUT2D eigenvalue weighted by atomic mass is 32.1. The normalized spacial score (nSPS) is 10.2. The van der Waals surface area contributed by atoms with Crippen LogP contribution in [0.25, 0.3) is 11.1 Å². The molecule has 0 saturated carbocycles. The van der Waals surface area contributed by atoms with Crippen molar-refractivity contribution in [1.82, 2.24) is 0 Å². The van der Waals surface area contributed by atoms with Gasteiger partial charge in [-0.1, -0.05) is 42.5 Å². The summed E-state index contributed by atoms with van der Waals surface area (Å²) < 4.78 is 0. The van der Waals surface area contributed by atoms with Crippen molar-refractivity contribution in [3.63, 3.8) is 0 Å². The molecular formula is C15H12O3S. The minimum Gasteiger partial charge on any atom is -0.481 e. The minimum atomic E-state index is -0.926. The van der Waals surface area contributed by atoms with E-state index in [1.807, 2.05) is 30.3 Å². The lowest BCUT2D eigenvalue weighted by Gasteiger charge is -2.08. The standard InChI is InChI=1S/C15H12O3S/c16-14(17)9-10-6-7-12(13(8-10)15(18)19)11-4-2-1-3-5-11/h1-8H,9H2,(H,16,17)(H,18,19).